The highest BCUT2D eigenvalue weighted by Gasteiger charge is 2.31. The molecule has 1 aliphatic rings. The molecule has 2 aromatic heterocycles. The van der Waals surface area contributed by atoms with Gasteiger partial charge in [-0.3, -0.25) is 14.2 Å². The zero-order valence-electron chi connectivity index (χ0n) is 22.2. The van der Waals surface area contributed by atoms with E-state index >= 15 is 0 Å². The summed E-state index contributed by atoms with van der Waals surface area (Å²) < 4.78 is 1.57. The van der Waals surface area contributed by atoms with Crippen molar-refractivity contribution in [3.8, 4) is 27.9 Å². The number of amides is 1. The Kier molecular flexibility index (Phi) is 5.52. The first kappa shape index (κ1) is 24.7. The van der Waals surface area contributed by atoms with Crippen molar-refractivity contribution in [2.75, 3.05) is 0 Å². The smallest absolute Gasteiger partial charge is 0.267 e. The lowest BCUT2D eigenvalue weighted by molar-refractivity contribution is 0.0785. The number of aryl methyl sites for hydroxylation is 1. The minimum Gasteiger partial charge on any atom is -0.386 e. The zero-order valence-corrected chi connectivity index (χ0v) is 22.2. The summed E-state index contributed by atoms with van der Waals surface area (Å²) in [5.41, 5.74) is 14.1. The largest absolute Gasteiger partial charge is 0.386 e. The molecule has 0 aliphatic heterocycles. The number of aliphatic hydroxyl groups is 1. The molecule has 0 saturated carbocycles. The van der Waals surface area contributed by atoms with Crippen LogP contribution in [0.2, 0.25) is 0 Å². The van der Waals surface area contributed by atoms with Crippen LogP contribution in [0.3, 0.4) is 0 Å². The van der Waals surface area contributed by atoms with E-state index in [-0.39, 0.29) is 11.3 Å². The molecule has 5 aromatic rings. The molecule has 0 saturated heterocycles. The molecule has 2 heterocycles. The van der Waals surface area contributed by atoms with Gasteiger partial charge in [0, 0.05) is 17.7 Å². The maximum absolute atomic E-state index is 13.4. The summed E-state index contributed by atoms with van der Waals surface area (Å²) in [7, 11) is 0. The van der Waals surface area contributed by atoms with E-state index in [9.17, 15) is 14.7 Å². The van der Waals surface area contributed by atoms with Crippen LogP contribution in [0.4, 0.5) is 0 Å². The number of para-hydroxylation sites is 1. The number of primary amides is 1. The predicted octanol–water partition coefficient (Wildman–Crippen LogP) is 4.96. The van der Waals surface area contributed by atoms with Gasteiger partial charge >= 0.3 is 0 Å². The highest BCUT2D eigenvalue weighted by atomic mass is 16.3. The summed E-state index contributed by atoms with van der Waals surface area (Å²) in [6.07, 6.45) is 2.05. The van der Waals surface area contributed by atoms with E-state index in [1.807, 2.05) is 68.4 Å². The van der Waals surface area contributed by atoms with Crippen molar-refractivity contribution in [3.63, 3.8) is 0 Å². The highest BCUT2D eigenvalue weighted by molar-refractivity contribution is 6.01. The van der Waals surface area contributed by atoms with E-state index in [1.165, 1.54) is 0 Å². The van der Waals surface area contributed by atoms with Gasteiger partial charge in [0.25, 0.3) is 11.5 Å². The molecule has 7 nitrogen and oxygen atoms in total. The number of fused-ring (bicyclic) bond motifs is 4. The number of aromatic nitrogens is 3. The molecule has 3 aromatic carbocycles. The van der Waals surface area contributed by atoms with Crippen molar-refractivity contribution < 1.29 is 9.90 Å². The fraction of sp³-hybridized carbons (Fsp3) is 0.188. The van der Waals surface area contributed by atoms with E-state index in [4.69, 9.17) is 5.73 Å². The maximum Gasteiger partial charge on any atom is 0.267 e. The van der Waals surface area contributed by atoms with Gasteiger partial charge in [-0.15, -0.1) is 0 Å². The van der Waals surface area contributed by atoms with Crippen LogP contribution < -0.4 is 11.3 Å². The van der Waals surface area contributed by atoms with Crippen LogP contribution >= 0.6 is 0 Å². The Morgan fingerprint density at radius 3 is 2.51 bits per heavy atom. The van der Waals surface area contributed by atoms with Gasteiger partial charge in [0.2, 0.25) is 0 Å². The molecule has 0 radical (unpaired) electrons. The zero-order chi connectivity index (χ0) is 27.6. The van der Waals surface area contributed by atoms with Gasteiger partial charge in [-0.1, -0.05) is 42.5 Å². The second-order valence-corrected chi connectivity index (χ2v) is 10.6. The third-order valence-corrected chi connectivity index (χ3v) is 7.66. The Hall–Kier alpha value is -4.62. The van der Waals surface area contributed by atoms with E-state index < -0.39 is 11.5 Å². The fourth-order valence-corrected chi connectivity index (χ4v) is 5.69. The van der Waals surface area contributed by atoms with Crippen molar-refractivity contribution >= 4 is 16.8 Å². The second kappa shape index (κ2) is 8.71. The predicted molar refractivity (Wildman–Crippen MR) is 152 cm³/mol. The number of nitrogens with two attached hydrogens (primary N) is 1. The minimum atomic E-state index is -1.00. The summed E-state index contributed by atoms with van der Waals surface area (Å²) in [4.78, 5) is 35.1. The summed E-state index contributed by atoms with van der Waals surface area (Å²) >= 11 is 0. The summed E-state index contributed by atoms with van der Waals surface area (Å²) in [5.74, 6) is -0.573. The third kappa shape index (κ3) is 3.85. The lowest BCUT2D eigenvalue weighted by atomic mass is 9.88. The van der Waals surface area contributed by atoms with Crippen LogP contribution in [0.5, 0.6) is 0 Å². The van der Waals surface area contributed by atoms with Gasteiger partial charge in [-0.05, 0) is 84.8 Å². The first-order valence-electron chi connectivity index (χ1n) is 12.8. The first-order chi connectivity index (χ1) is 18.6. The SMILES string of the molecule is Cc1nc(C(N)=O)c2c(c1-c1cccc(-n3cnc4ccccc4c3=O)c1C)-c1ccc(C(C)(C)O)cc1C2. The Morgan fingerprint density at radius 2 is 1.77 bits per heavy atom. The normalized spacial score (nSPS) is 12.4. The molecule has 0 unspecified atom stereocenters. The van der Waals surface area contributed by atoms with Gasteiger partial charge in [0.1, 0.15) is 12.0 Å². The standard InChI is InChI=1S/C32H28N4O3/c1-17-21(9-7-11-26(17)36-16-34-25-10-6-5-8-23(25)31(36)38)27-18(2)35-29(30(33)37)24-15-19-14-20(32(3,4)39)12-13-22(19)28(24)27/h5-14,16,39H,15H2,1-4H3,(H2,33,37). The van der Waals surface area contributed by atoms with Crippen LogP contribution in [-0.2, 0) is 12.0 Å². The summed E-state index contributed by atoms with van der Waals surface area (Å²) in [6.45, 7) is 7.36. The van der Waals surface area contributed by atoms with Crippen molar-refractivity contribution in [1.82, 2.24) is 14.5 Å². The van der Waals surface area contributed by atoms with Crippen LogP contribution in [0.25, 0.3) is 38.8 Å². The van der Waals surface area contributed by atoms with E-state index in [1.54, 1.807) is 30.8 Å². The third-order valence-electron chi connectivity index (χ3n) is 7.66. The van der Waals surface area contributed by atoms with Crippen molar-refractivity contribution in [2.45, 2.75) is 39.7 Å². The number of carbonyl (C=O) groups is 1. The van der Waals surface area contributed by atoms with Crippen molar-refractivity contribution in [2.24, 2.45) is 5.73 Å². The molecular weight excluding hydrogens is 488 g/mol. The average molecular weight is 517 g/mol. The summed E-state index contributed by atoms with van der Waals surface area (Å²) in [6, 6.07) is 19.0. The van der Waals surface area contributed by atoms with E-state index in [0.717, 1.165) is 50.2 Å². The Morgan fingerprint density at radius 1 is 1.00 bits per heavy atom. The lowest BCUT2D eigenvalue weighted by Crippen LogP contribution is -2.20. The molecule has 3 N–H and O–H groups in total. The maximum atomic E-state index is 13.4. The lowest BCUT2D eigenvalue weighted by Gasteiger charge is -2.20. The van der Waals surface area contributed by atoms with Crippen molar-refractivity contribution in [1.29, 1.82) is 0 Å². The molecule has 7 heteroatoms. The minimum absolute atomic E-state index is 0.144. The highest BCUT2D eigenvalue weighted by Crippen LogP contribution is 2.47. The second-order valence-electron chi connectivity index (χ2n) is 10.6. The molecule has 0 bridgehead atoms. The monoisotopic (exact) mass is 516 g/mol. The topological polar surface area (TPSA) is 111 Å². The van der Waals surface area contributed by atoms with Crippen LogP contribution in [-0.4, -0.2) is 25.5 Å². The van der Waals surface area contributed by atoms with Gasteiger partial charge in [0.15, 0.2) is 0 Å². The Bertz CT molecular complexity index is 1900. The van der Waals surface area contributed by atoms with Gasteiger partial charge < -0.3 is 10.8 Å². The molecule has 0 fully saturated rings. The Balaban J connectivity index is 1.61. The van der Waals surface area contributed by atoms with Gasteiger partial charge in [-0.25, -0.2) is 9.97 Å². The number of hydrogen-bond donors (Lipinski definition) is 2. The number of nitrogens with zero attached hydrogens (tertiary/aromatic N) is 3. The number of rotatable bonds is 4. The summed E-state index contributed by atoms with van der Waals surface area (Å²) in [5, 5.41) is 11.1. The molecule has 1 aliphatic carbocycles. The van der Waals surface area contributed by atoms with E-state index in [0.29, 0.717) is 23.0 Å². The number of hydrogen-bond acceptors (Lipinski definition) is 5. The number of pyridine rings is 1. The quantitative estimate of drug-likeness (QED) is 0.344. The van der Waals surface area contributed by atoms with Gasteiger partial charge in [-0.2, -0.15) is 0 Å². The van der Waals surface area contributed by atoms with Crippen LogP contribution in [0.1, 0.15) is 52.3 Å². The molecule has 0 spiro atoms. The average Bonchev–Trinajstić information content (AvgIpc) is 3.27. The number of carbonyl (C=O) groups excluding carboxylic acids is 1. The molecule has 194 valence electrons. The van der Waals surface area contributed by atoms with Gasteiger partial charge in [0.05, 0.1) is 22.2 Å². The van der Waals surface area contributed by atoms with E-state index in [2.05, 4.69) is 9.97 Å². The molecular formula is C32H28N4O3. The van der Waals surface area contributed by atoms with Crippen LogP contribution in [0.15, 0.2) is 71.8 Å². The molecule has 1 amide bonds. The Labute approximate surface area is 225 Å². The fourth-order valence-electron chi connectivity index (χ4n) is 5.69. The molecule has 6 rings (SSSR count). The van der Waals surface area contributed by atoms with Crippen molar-refractivity contribution in [3.05, 3.63) is 111 Å². The molecule has 0 atom stereocenters. The first-order valence-corrected chi connectivity index (χ1v) is 12.8. The van der Waals surface area contributed by atoms with Crippen LogP contribution in [0, 0.1) is 13.8 Å². The number of benzene rings is 3. The molecule has 39 heavy (non-hydrogen) atoms.